The average Bonchev–Trinajstić information content (AvgIpc) is 3.20. The lowest BCUT2D eigenvalue weighted by atomic mass is 9.99. The summed E-state index contributed by atoms with van der Waals surface area (Å²) in [7, 11) is 0. The zero-order valence-electron chi connectivity index (χ0n) is 35.3. The number of carboxylic acids is 1. The number of aliphatic carboxylic acids is 1. The number of phenolic OH excluding ortho intramolecular Hbond substituents is 1. The molecular weight excluding hydrogens is 872 g/mol. The average molecular weight is 932 g/mol. The molecule has 0 heterocycles. The van der Waals surface area contributed by atoms with Crippen molar-refractivity contribution in [1.29, 1.82) is 0 Å². The molecule has 0 fully saturated rings. The first-order valence-electron chi connectivity index (χ1n) is 20.2. The second kappa shape index (κ2) is 26.3. The molecule has 8 amide bonds. The van der Waals surface area contributed by atoms with E-state index in [4.69, 9.17) is 11.5 Å². The summed E-state index contributed by atoms with van der Waals surface area (Å²) in [6, 6.07) is 6.49. The molecule has 0 saturated carbocycles. The number of carbonyl (C=O) groups excluding carboxylic acids is 8. The van der Waals surface area contributed by atoms with E-state index >= 15 is 0 Å². The van der Waals surface area contributed by atoms with E-state index < -0.39 is 95.9 Å². The molecule has 62 heavy (non-hydrogen) atoms. The van der Waals surface area contributed by atoms with Crippen molar-refractivity contribution in [2.24, 2.45) is 23.3 Å². The van der Waals surface area contributed by atoms with Gasteiger partial charge in [-0.05, 0) is 60.8 Å². The summed E-state index contributed by atoms with van der Waals surface area (Å²) in [5, 5.41) is 34.7. The van der Waals surface area contributed by atoms with Gasteiger partial charge in [-0.15, -0.1) is 0 Å². The highest BCUT2D eigenvalue weighted by atomic mass is 79.9. The highest BCUT2D eigenvalue weighted by Crippen LogP contribution is 2.14. The van der Waals surface area contributed by atoms with Gasteiger partial charge in [-0.3, -0.25) is 38.4 Å². The number of hydrogen-bond donors (Lipinski definition) is 10. The van der Waals surface area contributed by atoms with Crippen LogP contribution < -0.4 is 43.4 Å². The molecule has 2 rings (SSSR count). The molecule has 0 aliphatic heterocycles. The van der Waals surface area contributed by atoms with E-state index in [0.29, 0.717) is 5.56 Å². The third kappa shape index (κ3) is 19.6. The largest absolute Gasteiger partial charge is 0.508 e. The minimum absolute atomic E-state index is 0.0336. The number of alkyl halides is 1. The molecule has 0 radical (unpaired) electrons. The molecule has 0 aromatic heterocycles. The van der Waals surface area contributed by atoms with Crippen LogP contribution in [0, 0.1) is 11.8 Å². The molecule has 12 N–H and O–H groups in total. The highest BCUT2D eigenvalue weighted by molar-refractivity contribution is 9.09. The number of carboxylic acid groups (broad SMARTS) is 1. The summed E-state index contributed by atoms with van der Waals surface area (Å²) < 4.78 is 0. The molecule has 0 unspecified atom stereocenters. The first-order valence-corrected chi connectivity index (χ1v) is 21.3. The van der Waals surface area contributed by atoms with Crippen molar-refractivity contribution in [3.8, 4) is 5.75 Å². The van der Waals surface area contributed by atoms with E-state index in [2.05, 4.69) is 47.8 Å². The highest BCUT2D eigenvalue weighted by Gasteiger charge is 2.34. The Hall–Kier alpha value is -6.05. The van der Waals surface area contributed by atoms with Crippen molar-refractivity contribution >= 4 is 69.2 Å². The summed E-state index contributed by atoms with van der Waals surface area (Å²) >= 11 is 3.07. The number of halogens is 1. The van der Waals surface area contributed by atoms with E-state index in [-0.39, 0.29) is 67.9 Å². The number of benzene rings is 2. The van der Waals surface area contributed by atoms with Gasteiger partial charge in [-0.1, -0.05) is 86.1 Å². The number of phenols is 1. The van der Waals surface area contributed by atoms with Gasteiger partial charge in [0.25, 0.3) is 0 Å². The van der Waals surface area contributed by atoms with E-state index in [1.165, 1.54) is 24.3 Å². The minimum atomic E-state index is -1.53. The standard InChI is InChI=1S/C42H59BrN8O11/c1-23(2)18-30(50-41(60)32(46-36(55)22-43)20-25-8-6-5-7-9-25)39(58)48-28(14-16-34(44)53)37(56)47-29(15-17-35(45)54)38(57)49-31(19-24(3)4)40(59)51-33(42(61)62)21-26-10-12-27(52)13-11-26/h5-13,23-24,28-33,52H,14-22H2,1-4H3,(H2,44,53)(H2,45,54)(H,46,55)(H,47,56)(H,48,58)(H,49,57)(H,50,60)(H,51,59)(H,61,62)/t28-,29-,30-,31-,32-,33-/m0/s1. The van der Waals surface area contributed by atoms with Crippen LogP contribution in [0.5, 0.6) is 5.75 Å². The smallest absolute Gasteiger partial charge is 0.326 e. The van der Waals surface area contributed by atoms with Crippen LogP contribution in [-0.2, 0) is 56.0 Å². The van der Waals surface area contributed by atoms with E-state index in [1.807, 2.05) is 0 Å². The van der Waals surface area contributed by atoms with Crippen molar-refractivity contribution in [3.63, 3.8) is 0 Å². The van der Waals surface area contributed by atoms with Gasteiger partial charge in [-0.2, -0.15) is 0 Å². The Morgan fingerprint density at radius 3 is 1.31 bits per heavy atom. The first-order chi connectivity index (χ1) is 29.2. The number of carbonyl (C=O) groups is 9. The molecule has 0 spiro atoms. The number of rotatable bonds is 27. The monoisotopic (exact) mass is 930 g/mol. The number of primary amides is 2. The van der Waals surface area contributed by atoms with E-state index in [0.717, 1.165) is 5.56 Å². The SMILES string of the molecule is CC(C)C[C@H](NC(=O)[C@H](CCC(N)=O)NC(=O)[C@H](CCC(N)=O)NC(=O)[C@H](CC(C)C)NC(=O)[C@H](Cc1ccccc1)NC(=O)CBr)C(=O)N[C@@H](Cc1ccc(O)cc1)C(=O)O. The number of nitrogens with one attached hydrogen (secondary N) is 6. The summed E-state index contributed by atoms with van der Waals surface area (Å²) in [6.07, 6.45) is -1.41. The third-order valence-electron chi connectivity index (χ3n) is 9.35. The summed E-state index contributed by atoms with van der Waals surface area (Å²) in [5.74, 6) is -8.14. The minimum Gasteiger partial charge on any atom is -0.508 e. The van der Waals surface area contributed by atoms with Gasteiger partial charge in [-0.25, -0.2) is 4.79 Å². The van der Waals surface area contributed by atoms with Crippen LogP contribution in [0.3, 0.4) is 0 Å². The Morgan fingerprint density at radius 2 is 0.903 bits per heavy atom. The lowest BCUT2D eigenvalue weighted by molar-refractivity contribution is -0.142. The van der Waals surface area contributed by atoms with Crippen LogP contribution in [0.15, 0.2) is 54.6 Å². The quantitative estimate of drug-likeness (QED) is 0.0540. The molecular formula is C42H59BrN8O11. The van der Waals surface area contributed by atoms with E-state index in [1.54, 1.807) is 58.0 Å². The van der Waals surface area contributed by atoms with Crippen LogP contribution in [0.2, 0.25) is 0 Å². The number of aromatic hydroxyl groups is 1. The number of hydrogen-bond acceptors (Lipinski definition) is 10. The Morgan fingerprint density at radius 1 is 0.532 bits per heavy atom. The summed E-state index contributed by atoms with van der Waals surface area (Å²) in [5.41, 5.74) is 12.0. The van der Waals surface area contributed by atoms with Crippen LogP contribution in [-0.4, -0.2) is 105 Å². The maximum Gasteiger partial charge on any atom is 0.326 e. The maximum atomic E-state index is 13.9. The topological polar surface area (TPSA) is 318 Å². The third-order valence-corrected chi connectivity index (χ3v) is 9.86. The van der Waals surface area contributed by atoms with Crippen LogP contribution in [0.25, 0.3) is 0 Å². The lowest BCUT2D eigenvalue weighted by Crippen LogP contribution is -2.60. The van der Waals surface area contributed by atoms with Gasteiger partial charge in [0.1, 0.15) is 42.0 Å². The fourth-order valence-corrected chi connectivity index (χ4v) is 6.40. The summed E-state index contributed by atoms with van der Waals surface area (Å²) in [4.78, 5) is 117. The molecule has 0 bridgehead atoms. The lowest BCUT2D eigenvalue weighted by Gasteiger charge is -2.28. The van der Waals surface area contributed by atoms with Crippen molar-refractivity contribution in [2.45, 2.75) is 115 Å². The van der Waals surface area contributed by atoms with Gasteiger partial charge in [0, 0.05) is 25.7 Å². The van der Waals surface area contributed by atoms with Gasteiger partial charge in [0.2, 0.25) is 47.3 Å². The molecule has 0 saturated heterocycles. The van der Waals surface area contributed by atoms with Crippen molar-refractivity contribution in [1.82, 2.24) is 31.9 Å². The molecule has 0 aliphatic carbocycles. The van der Waals surface area contributed by atoms with Gasteiger partial charge < -0.3 is 53.6 Å². The zero-order valence-corrected chi connectivity index (χ0v) is 36.9. The Kier molecular flexibility index (Phi) is 22.1. The number of nitrogens with two attached hydrogens (primary N) is 2. The van der Waals surface area contributed by atoms with Crippen molar-refractivity contribution in [3.05, 3.63) is 65.7 Å². The molecule has 340 valence electrons. The molecule has 2 aromatic carbocycles. The molecule has 20 heteroatoms. The molecule has 2 aromatic rings. The van der Waals surface area contributed by atoms with E-state index in [9.17, 15) is 53.4 Å². The van der Waals surface area contributed by atoms with Crippen molar-refractivity contribution < 1.29 is 53.4 Å². The normalized spacial score (nSPS) is 13.9. The zero-order chi connectivity index (χ0) is 46.5. The van der Waals surface area contributed by atoms with Crippen LogP contribution in [0.4, 0.5) is 0 Å². The fourth-order valence-electron chi connectivity index (χ4n) is 6.24. The van der Waals surface area contributed by atoms with Gasteiger partial charge in [0.05, 0.1) is 5.33 Å². The Labute approximate surface area is 368 Å². The maximum absolute atomic E-state index is 13.9. The van der Waals surface area contributed by atoms with Crippen molar-refractivity contribution in [2.75, 3.05) is 5.33 Å². The second-order valence-corrected chi connectivity index (χ2v) is 16.3. The fraction of sp³-hybridized carbons (Fsp3) is 0.500. The first kappa shape index (κ1) is 52.1. The second-order valence-electron chi connectivity index (χ2n) is 15.7. The molecule has 19 nitrogen and oxygen atoms in total. The Balaban J connectivity index is 2.36. The Bertz CT molecular complexity index is 1860. The predicted octanol–water partition coefficient (Wildman–Crippen LogP) is 0.189. The molecule has 6 atom stereocenters. The summed E-state index contributed by atoms with van der Waals surface area (Å²) in [6.45, 7) is 7.11. The van der Waals surface area contributed by atoms with Crippen LogP contribution >= 0.6 is 15.9 Å². The predicted molar refractivity (Wildman–Crippen MR) is 231 cm³/mol. The number of amides is 8. The van der Waals surface area contributed by atoms with Gasteiger partial charge >= 0.3 is 5.97 Å². The van der Waals surface area contributed by atoms with Crippen LogP contribution in [0.1, 0.15) is 77.3 Å². The molecule has 0 aliphatic rings. The van der Waals surface area contributed by atoms with Gasteiger partial charge in [0.15, 0.2) is 0 Å².